The standard InChI is InChI=1S/C10H17N3O2S/c1-8(2)13-9(3-4-11-13)12-10(15)7-16-6-5-14/h3-4,8,14H,5-7H2,1-2H3,(H,12,15). The van der Waals surface area contributed by atoms with Crippen molar-refractivity contribution in [1.82, 2.24) is 9.78 Å². The van der Waals surface area contributed by atoms with Crippen LogP contribution in [0, 0.1) is 0 Å². The second-order valence-electron chi connectivity index (χ2n) is 3.58. The van der Waals surface area contributed by atoms with Gasteiger partial charge in [0.2, 0.25) is 5.91 Å². The molecule has 1 heterocycles. The van der Waals surface area contributed by atoms with Crippen LogP contribution in [0.5, 0.6) is 0 Å². The van der Waals surface area contributed by atoms with E-state index in [1.165, 1.54) is 11.8 Å². The molecular weight excluding hydrogens is 226 g/mol. The summed E-state index contributed by atoms with van der Waals surface area (Å²) >= 11 is 1.41. The normalized spacial score (nSPS) is 10.8. The molecule has 5 nitrogen and oxygen atoms in total. The summed E-state index contributed by atoms with van der Waals surface area (Å²) in [6.45, 7) is 4.11. The first-order valence-electron chi connectivity index (χ1n) is 5.17. The average Bonchev–Trinajstić information content (AvgIpc) is 2.66. The molecule has 0 saturated heterocycles. The molecule has 0 aliphatic heterocycles. The molecule has 0 aromatic carbocycles. The fourth-order valence-electron chi connectivity index (χ4n) is 1.23. The predicted molar refractivity (Wildman–Crippen MR) is 65.7 cm³/mol. The summed E-state index contributed by atoms with van der Waals surface area (Å²) in [5.41, 5.74) is 0. The molecule has 0 atom stereocenters. The Morgan fingerprint density at radius 1 is 1.69 bits per heavy atom. The molecule has 0 saturated carbocycles. The van der Waals surface area contributed by atoms with Crippen LogP contribution >= 0.6 is 11.8 Å². The number of rotatable bonds is 6. The van der Waals surface area contributed by atoms with E-state index in [0.29, 0.717) is 17.3 Å². The average molecular weight is 243 g/mol. The topological polar surface area (TPSA) is 67.2 Å². The third kappa shape index (κ3) is 3.86. The summed E-state index contributed by atoms with van der Waals surface area (Å²) in [6, 6.07) is 1.99. The molecule has 6 heteroatoms. The predicted octanol–water partition coefficient (Wildman–Crippen LogP) is 1.13. The van der Waals surface area contributed by atoms with Crippen molar-refractivity contribution in [2.24, 2.45) is 0 Å². The van der Waals surface area contributed by atoms with Crippen molar-refractivity contribution in [3.8, 4) is 0 Å². The van der Waals surface area contributed by atoms with E-state index in [0.717, 1.165) is 0 Å². The molecular formula is C10H17N3O2S. The smallest absolute Gasteiger partial charge is 0.235 e. The molecule has 2 N–H and O–H groups in total. The Balaban J connectivity index is 2.46. The van der Waals surface area contributed by atoms with Gasteiger partial charge < -0.3 is 10.4 Å². The highest BCUT2D eigenvalue weighted by Crippen LogP contribution is 2.13. The van der Waals surface area contributed by atoms with Gasteiger partial charge >= 0.3 is 0 Å². The maximum absolute atomic E-state index is 11.5. The number of thioether (sulfide) groups is 1. The van der Waals surface area contributed by atoms with Gasteiger partial charge in [0.15, 0.2) is 0 Å². The second kappa shape index (κ2) is 6.55. The Labute approximate surface area is 99.2 Å². The number of anilines is 1. The SMILES string of the molecule is CC(C)n1nccc1NC(=O)CSCCO. The first kappa shape index (κ1) is 13.1. The Morgan fingerprint density at radius 2 is 2.44 bits per heavy atom. The minimum atomic E-state index is -0.0687. The Morgan fingerprint density at radius 3 is 3.06 bits per heavy atom. The Hall–Kier alpha value is -1.01. The van der Waals surface area contributed by atoms with Gasteiger partial charge in [0.05, 0.1) is 18.6 Å². The zero-order valence-corrected chi connectivity index (χ0v) is 10.3. The third-order valence-corrected chi connectivity index (χ3v) is 2.83. The molecule has 90 valence electrons. The number of nitrogens with zero attached hydrogens (tertiary/aromatic N) is 2. The number of hydrogen-bond acceptors (Lipinski definition) is 4. The zero-order valence-electron chi connectivity index (χ0n) is 9.51. The lowest BCUT2D eigenvalue weighted by Crippen LogP contribution is -2.18. The van der Waals surface area contributed by atoms with Crippen LogP contribution < -0.4 is 5.32 Å². The number of hydrogen-bond donors (Lipinski definition) is 2. The number of carbonyl (C=O) groups is 1. The van der Waals surface area contributed by atoms with Gasteiger partial charge in [-0.3, -0.25) is 4.79 Å². The van der Waals surface area contributed by atoms with E-state index in [-0.39, 0.29) is 18.6 Å². The van der Waals surface area contributed by atoms with Gasteiger partial charge in [-0.05, 0) is 13.8 Å². The molecule has 0 aliphatic carbocycles. The van der Waals surface area contributed by atoms with Crippen molar-refractivity contribution >= 4 is 23.5 Å². The summed E-state index contributed by atoms with van der Waals surface area (Å²) in [5.74, 6) is 1.58. The number of carbonyl (C=O) groups excluding carboxylic acids is 1. The lowest BCUT2D eigenvalue weighted by Gasteiger charge is -2.11. The number of aliphatic hydroxyl groups excluding tert-OH is 1. The van der Waals surface area contributed by atoms with E-state index in [9.17, 15) is 4.79 Å². The molecule has 0 aliphatic rings. The largest absolute Gasteiger partial charge is 0.396 e. The van der Waals surface area contributed by atoms with Gasteiger partial charge in [-0.25, -0.2) is 4.68 Å². The molecule has 0 unspecified atom stereocenters. The summed E-state index contributed by atoms with van der Waals surface area (Å²) < 4.78 is 1.76. The maximum Gasteiger partial charge on any atom is 0.235 e. The van der Waals surface area contributed by atoms with Crippen LogP contribution in [0.1, 0.15) is 19.9 Å². The van der Waals surface area contributed by atoms with Crippen LogP contribution in [0.4, 0.5) is 5.82 Å². The van der Waals surface area contributed by atoms with Gasteiger partial charge in [-0.15, -0.1) is 11.8 Å². The molecule has 1 aromatic heterocycles. The summed E-state index contributed by atoms with van der Waals surface area (Å²) in [6.07, 6.45) is 1.66. The molecule has 0 radical (unpaired) electrons. The minimum Gasteiger partial charge on any atom is -0.396 e. The van der Waals surface area contributed by atoms with Crippen LogP contribution in [0.15, 0.2) is 12.3 Å². The molecule has 1 amide bonds. The van der Waals surface area contributed by atoms with Gasteiger partial charge in [0, 0.05) is 17.9 Å². The highest BCUT2D eigenvalue weighted by molar-refractivity contribution is 7.99. The van der Waals surface area contributed by atoms with Crippen molar-refractivity contribution < 1.29 is 9.90 Å². The second-order valence-corrected chi connectivity index (χ2v) is 4.68. The van der Waals surface area contributed by atoms with Crippen LogP contribution in [-0.4, -0.2) is 38.9 Å². The van der Waals surface area contributed by atoms with E-state index in [1.54, 1.807) is 16.9 Å². The van der Waals surface area contributed by atoms with Crippen molar-refractivity contribution in [2.45, 2.75) is 19.9 Å². The van der Waals surface area contributed by atoms with Gasteiger partial charge in [0.25, 0.3) is 0 Å². The first-order chi connectivity index (χ1) is 7.65. The van der Waals surface area contributed by atoms with E-state index < -0.39 is 0 Å². The maximum atomic E-state index is 11.5. The Bertz CT molecular complexity index is 339. The van der Waals surface area contributed by atoms with Crippen LogP contribution in [0.2, 0.25) is 0 Å². The lowest BCUT2D eigenvalue weighted by molar-refractivity contribution is -0.113. The quantitative estimate of drug-likeness (QED) is 0.735. The Kier molecular flexibility index (Phi) is 5.34. The van der Waals surface area contributed by atoms with Crippen molar-refractivity contribution in [3.05, 3.63) is 12.3 Å². The minimum absolute atomic E-state index is 0.0687. The first-order valence-corrected chi connectivity index (χ1v) is 6.32. The monoisotopic (exact) mass is 243 g/mol. The summed E-state index contributed by atoms with van der Waals surface area (Å²) in [7, 11) is 0. The number of aromatic nitrogens is 2. The number of aliphatic hydroxyl groups is 1. The molecule has 0 bridgehead atoms. The molecule has 0 spiro atoms. The molecule has 0 fully saturated rings. The van der Waals surface area contributed by atoms with Crippen molar-refractivity contribution in [2.75, 3.05) is 23.4 Å². The highest BCUT2D eigenvalue weighted by atomic mass is 32.2. The third-order valence-electron chi connectivity index (χ3n) is 1.90. The number of nitrogens with one attached hydrogen (secondary N) is 1. The van der Waals surface area contributed by atoms with E-state index >= 15 is 0 Å². The number of amides is 1. The zero-order chi connectivity index (χ0) is 12.0. The van der Waals surface area contributed by atoms with Gasteiger partial charge in [-0.1, -0.05) is 0 Å². The van der Waals surface area contributed by atoms with Gasteiger partial charge in [0.1, 0.15) is 5.82 Å². The van der Waals surface area contributed by atoms with E-state index in [4.69, 9.17) is 5.11 Å². The lowest BCUT2D eigenvalue weighted by atomic mass is 10.4. The fourth-order valence-corrected chi connectivity index (χ4v) is 1.76. The summed E-state index contributed by atoms with van der Waals surface area (Å²) in [4.78, 5) is 11.5. The molecule has 1 aromatic rings. The van der Waals surface area contributed by atoms with E-state index in [2.05, 4.69) is 10.4 Å². The van der Waals surface area contributed by atoms with Crippen LogP contribution in [0.3, 0.4) is 0 Å². The van der Waals surface area contributed by atoms with Crippen molar-refractivity contribution in [1.29, 1.82) is 0 Å². The molecule has 1 rings (SSSR count). The van der Waals surface area contributed by atoms with Crippen LogP contribution in [0.25, 0.3) is 0 Å². The fraction of sp³-hybridized carbons (Fsp3) is 0.600. The highest BCUT2D eigenvalue weighted by Gasteiger charge is 2.08. The molecule has 16 heavy (non-hydrogen) atoms. The van der Waals surface area contributed by atoms with E-state index in [1.807, 2.05) is 13.8 Å². The van der Waals surface area contributed by atoms with Crippen molar-refractivity contribution in [3.63, 3.8) is 0 Å². The summed E-state index contributed by atoms with van der Waals surface area (Å²) in [5, 5.41) is 15.5. The van der Waals surface area contributed by atoms with Gasteiger partial charge in [-0.2, -0.15) is 5.10 Å². The van der Waals surface area contributed by atoms with Crippen LogP contribution in [-0.2, 0) is 4.79 Å².